The highest BCUT2D eigenvalue weighted by molar-refractivity contribution is 6.31. The van der Waals surface area contributed by atoms with E-state index < -0.39 is 5.82 Å². The smallest absolute Gasteiger partial charge is 0.143 e. The van der Waals surface area contributed by atoms with Crippen molar-refractivity contribution in [2.75, 3.05) is 17.6 Å². The molecule has 2 nitrogen and oxygen atoms in total. The lowest BCUT2D eigenvalue weighted by atomic mass is 10.1. The van der Waals surface area contributed by atoms with E-state index in [-0.39, 0.29) is 5.02 Å². The molecular weight excluding hydrogens is 263 g/mol. The molecule has 2 rings (SSSR count). The van der Waals surface area contributed by atoms with Crippen LogP contribution in [0, 0.1) is 5.82 Å². The van der Waals surface area contributed by atoms with Crippen molar-refractivity contribution in [1.29, 1.82) is 0 Å². The third kappa shape index (κ3) is 3.86. The normalized spacial score (nSPS) is 10.4. The Hall–Kier alpha value is -1.74. The van der Waals surface area contributed by atoms with Crippen molar-refractivity contribution in [3.63, 3.8) is 0 Å². The Labute approximate surface area is 117 Å². The Bertz CT molecular complexity index is 543. The summed E-state index contributed by atoms with van der Waals surface area (Å²) in [7, 11) is 0. The predicted octanol–water partition coefficient (Wildman–Crippen LogP) is 4.11. The van der Waals surface area contributed by atoms with Gasteiger partial charge in [-0.3, -0.25) is 0 Å². The first-order valence-corrected chi connectivity index (χ1v) is 6.57. The van der Waals surface area contributed by atoms with Crippen LogP contribution >= 0.6 is 11.6 Å². The fourth-order valence-electron chi connectivity index (χ4n) is 1.88. The number of nitrogens with one attached hydrogen (secondary N) is 1. The average Bonchev–Trinajstić information content (AvgIpc) is 2.41. The zero-order valence-corrected chi connectivity index (χ0v) is 11.3. The molecule has 0 aromatic heterocycles. The lowest BCUT2D eigenvalue weighted by Gasteiger charge is -2.10. The van der Waals surface area contributed by atoms with E-state index in [0.717, 1.165) is 19.4 Å². The summed E-state index contributed by atoms with van der Waals surface area (Å²) in [6, 6.07) is 13.0. The van der Waals surface area contributed by atoms with Gasteiger partial charge in [0.15, 0.2) is 0 Å². The SMILES string of the molecule is Nc1cc(Cl)c(F)cc1NCCCc1ccccc1. The highest BCUT2D eigenvalue weighted by Gasteiger charge is 2.05. The van der Waals surface area contributed by atoms with E-state index in [1.807, 2.05) is 18.2 Å². The molecule has 0 aliphatic heterocycles. The van der Waals surface area contributed by atoms with Gasteiger partial charge in [0.05, 0.1) is 16.4 Å². The second kappa shape index (κ2) is 6.43. The number of rotatable bonds is 5. The average molecular weight is 279 g/mol. The van der Waals surface area contributed by atoms with E-state index in [9.17, 15) is 4.39 Å². The van der Waals surface area contributed by atoms with Crippen LogP contribution in [0.1, 0.15) is 12.0 Å². The van der Waals surface area contributed by atoms with Gasteiger partial charge < -0.3 is 11.1 Å². The van der Waals surface area contributed by atoms with Gasteiger partial charge in [0.1, 0.15) is 5.82 Å². The highest BCUT2D eigenvalue weighted by Crippen LogP contribution is 2.26. The van der Waals surface area contributed by atoms with Crippen molar-refractivity contribution < 1.29 is 4.39 Å². The largest absolute Gasteiger partial charge is 0.397 e. The summed E-state index contributed by atoms with van der Waals surface area (Å²) in [5.74, 6) is -0.457. The van der Waals surface area contributed by atoms with Gasteiger partial charge in [0.2, 0.25) is 0 Å². The van der Waals surface area contributed by atoms with Gasteiger partial charge in [-0.25, -0.2) is 4.39 Å². The molecule has 0 aliphatic carbocycles. The minimum absolute atomic E-state index is 0.0485. The maximum atomic E-state index is 13.3. The zero-order chi connectivity index (χ0) is 13.7. The zero-order valence-electron chi connectivity index (χ0n) is 10.5. The highest BCUT2D eigenvalue weighted by atomic mass is 35.5. The summed E-state index contributed by atoms with van der Waals surface area (Å²) in [5.41, 5.74) is 8.12. The van der Waals surface area contributed by atoms with Gasteiger partial charge in [0, 0.05) is 12.6 Å². The Kier molecular flexibility index (Phi) is 4.63. The first kappa shape index (κ1) is 13.7. The monoisotopic (exact) mass is 278 g/mol. The summed E-state index contributed by atoms with van der Waals surface area (Å²) >= 11 is 5.64. The van der Waals surface area contributed by atoms with Gasteiger partial charge >= 0.3 is 0 Å². The quantitative estimate of drug-likeness (QED) is 0.638. The van der Waals surface area contributed by atoms with Crippen LogP contribution in [0.3, 0.4) is 0 Å². The summed E-state index contributed by atoms with van der Waals surface area (Å²) in [5, 5.41) is 3.18. The van der Waals surface area contributed by atoms with Crippen molar-refractivity contribution in [2.45, 2.75) is 12.8 Å². The minimum atomic E-state index is -0.457. The molecular formula is C15H16ClFN2. The van der Waals surface area contributed by atoms with E-state index in [0.29, 0.717) is 11.4 Å². The molecule has 4 heteroatoms. The molecule has 0 atom stereocenters. The lowest BCUT2D eigenvalue weighted by molar-refractivity contribution is 0.629. The standard InChI is InChI=1S/C15H16ClFN2/c16-12-9-14(18)15(10-13(12)17)19-8-4-7-11-5-2-1-3-6-11/h1-3,5-6,9-10,19H,4,7-8,18H2. The molecule has 0 radical (unpaired) electrons. The van der Waals surface area contributed by atoms with Gasteiger partial charge in [-0.2, -0.15) is 0 Å². The molecule has 19 heavy (non-hydrogen) atoms. The van der Waals surface area contributed by atoms with E-state index in [4.69, 9.17) is 17.3 Å². The Balaban J connectivity index is 1.85. The molecule has 0 spiro atoms. The van der Waals surface area contributed by atoms with Crippen LogP contribution < -0.4 is 11.1 Å². The number of nitrogen functional groups attached to an aromatic ring is 1. The third-order valence-electron chi connectivity index (χ3n) is 2.89. The van der Waals surface area contributed by atoms with Gasteiger partial charge in [-0.05, 0) is 24.5 Å². The number of nitrogens with two attached hydrogens (primary N) is 1. The Morgan fingerprint density at radius 1 is 1.16 bits per heavy atom. The van der Waals surface area contributed by atoms with Crippen LogP contribution in [0.25, 0.3) is 0 Å². The number of benzene rings is 2. The van der Waals surface area contributed by atoms with Crippen molar-refractivity contribution in [3.8, 4) is 0 Å². The molecule has 3 N–H and O–H groups in total. The minimum Gasteiger partial charge on any atom is -0.397 e. The first-order valence-electron chi connectivity index (χ1n) is 6.19. The lowest BCUT2D eigenvalue weighted by Crippen LogP contribution is -2.06. The van der Waals surface area contributed by atoms with Crippen molar-refractivity contribution in [2.24, 2.45) is 0 Å². The van der Waals surface area contributed by atoms with E-state index in [1.54, 1.807) is 0 Å². The molecule has 2 aromatic carbocycles. The molecule has 0 saturated heterocycles. The van der Waals surface area contributed by atoms with Crippen molar-refractivity contribution >= 4 is 23.0 Å². The van der Waals surface area contributed by atoms with Crippen LogP contribution in [0.5, 0.6) is 0 Å². The van der Waals surface area contributed by atoms with Crippen LogP contribution in [0.2, 0.25) is 5.02 Å². The number of halogens is 2. The Morgan fingerprint density at radius 3 is 2.63 bits per heavy atom. The molecule has 0 amide bonds. The number of hydrogen-bond acceptors (Lipinski definition) is 2. The fraction of sp³-hybridized carbons (Fsp3) is 0.200. The molecule has 100 valence electrons. The van der Waals surface area contributed by atoms with Gasteiger partial charge in [-0.1, -0.05) is 41.9 Å². The maximum absolute atomic E-state index is 13.3. The van der Waals surface area contributed by atoms with Gasteiger partial charge in [0.25, 0.3) is 0 Å². The third-order valence-corrected chi connectivity index (χ3v) is 3.18. The summed E-state index contributed by atoms with van der Waals surface area (Å²) in [4.78, 5) is 0. The summed E-state index contributed by atoms with van der Waals surface area (Å²) in [6.45, 7) is 0.736. The Morgan fingerprint density at radius 2 is 1.89 bits per heavy atom. The van der Waals surface area contributed by atoms with E-state index in [2.05, 4.69) is 17.4 Å². The molecule has 0 bridgehead atoms. The van der Waals surface area contributed by atoms with Crippen LogP contribution in [0.4, 0.5) is 15.8 Å². The fourth-order valence-corrected chi connectivity index (χ4v) is 2.05. The maximum Gasteiger partial charge on any atom is 0.143 e. The van der Waals surface area contributed by atoms with Crippen LogP contribution in [0.15, 0.2) is 42.5 Å². The second-order valence-electron chi connectivity index (χ2n) is 4.37. The topological polar surface area (TPSA) is 38.0 Å². The molecule has 2 aromatic rings. The first-order chi connectivity index (χ1) is 9.16. The van der Waals surface area contributed by atoms with Crippen molar-refractivity contribution in [1.82, 2.24) is 0 Å². The van der Waals surface area contributed by atoms with Gasteiger partial charge in [-0.15, -0.1) is 0 Å². The van der Waals surface area contributed by atoms with Crippen LogP contribution in [-0.2, 0) is 6.42 Å². The van der Waals surface area contributed by atoms with Crippen molar-refractivity contribution in [3.05, 3.63) is 58.9 Å². The molecule has 0 unspecified atom stereocenters. The number of anilines is 2. The van der Waals surface area contributed by atoms with Crippen LogP contribution in [-0.4, -0.2) is 6.54 Å². The second-order valence-corrected chi connectivity index (χ2v) is 4.78. The van der Waals surface area contributed by atoms with E-state index >= 15 is 0 Å². The molecule has 0 aliphatic rings. The molecule has 0 saturated carbocycles. The van der Waals surface area contributed by atoms with E-state index in [1.165, 1.54) is 17.7 Å². The number of hydrogen-bond donors (Lipinski definition) is 2. The molecule has 0 heterocycles. The summed E-state index contributed by atoms with van der Waals surface area (Å²) < 4.78 is 13.3. The number of aryl methyl sites for hydroxylation is 1. The molecule has 0 fully saturated rings. The predicted molar refractivity (Wildman–Crippen MR) is 79.1 cm³/mol. The summed E-state index contributed by atoms with van der Waals surface area (Å²) in [6.07, 6.45) is 1.93.